The minimum atomic E-state index is -2.01. The third-order valence-electron chi connectivity index (χ3n) is 2.34. The molecule has 1 unspecified atom stereocenters. The van der Waals surface area contributed by atoms with Gasteiger partial charge in [-0.25, -0.2) is 0 Å². The predicted molar refractivity (Wildman–Crippen MR) is 61.3 cm³/mol. The first-order valence-electron chi connectivity index (χ1n) is 4.70. The average Bonchev–Trinajstić information content (AvgIpc) is 2.17. The number of hydrogen-bond donors (Lipinski definition) is 0. The summed E-state index contributed by atoms with van der Waals surface area (Å²) in [5.74, 6) is 0.0871. The zero-order valence-corrected chi connectivity index (χ0v) is 9.21. The summed E-state index contributed by atoms with van der Waals surface area (Å²) in [5.41, 5.74) is 2.04. The Morgan fingerprint density at radius 2 is 1.80 bits per heavy atom. The predicted octanol–water partition coefficient (Wildman–Crippen LogP) is 2.53. The Hall–Kier alpha value is -1.19. The summed E-state index contributed by atoms with van der Waals surface area (Å²) in [7, 11) is 0. The Bertz CT molecular complexity index is 520. The van der Waals surface area contributed by atoms with E-state index >= 15 is 0 Å². The second-order valence-electron chi connectivity index (χ2n) is 3.63. The molecule has 0 heterocycles. The highest BCUT2D eigenvalue weighted by atomic mass is 32.2. The third-order valence-corrected chi connectivity index (χ3v) is 2.91. The normalized spacial score (nSPS) is 12.9. The van der Waals surface area contributed by atoms with Crippen molar-refractivity contribution in [1.82, 2.24) is 0 Å². The SMILES string of the molecule is Cc1ccc2cc(CS(=O)[O-])ccc2c1. The van der Waals surface area contributed by atoms with Crippen molar-refractivity contribution >= 4 is 21.9 Å². The fourth-order valence-corrected chi connectivity index (χ4v) is 2.09. The van der Waals surface area contributed by atoms with Gasteiger partial charge in [0.25, 0.3) is 0 Å². The van der Waals surface area contributed by atoms with Crippen molar-refractivity contribution in [2.24, 2.45) is 0 Å². The summed E-state index contributed by atoms with van der Waals surface area (Å²) in [6, 6.07) is 11.9. The zero-order chi connectivity index (χ0) is 10.8. The lowest BCUT2D eigenvalue weighted by Gasteiger charge is -2.06. The summed E-state index contributed by atoms with van der Waals surface area (Å²) in [6.45, 7) is 2.04. The highest BCUT2D eigenvalue weighted by molar-refractivity contribution is 7.78. The number of rotatable bonds is 2. The van der Waals surface area contributed by atoms with Gasteiger partial charge >= 0.3 is 0 Å². The van der Waals surface area contributed by atoms with E-state index in [1.54, 1.807) is 0 Å². The van der Waals surface area contributed by atoms with Crippen LogP contribution in [0.2, 0.25) is 0 Å². The first-order valence-corrected chi connectivity index (χ1v) is 5.95. The highest BCUT2D eigenvalue weighted by Gasteiger charge is 1.97. The van der Waals surface area contributed by atoms with Gasteiger partial charge in [0.1, 0.15) is 0 Å². The molecule has 0 aliphatic carbocycles. The van der Waals surface area contributed by atoms with E-state index in [9.17, 15) is 8.76 Å². The van der Waals surface area contributed by atoms with Crippen molar-refractivity contribution in [2.75, 3.05) is 0 Å². The summed E-state index contributed by atoms with van der Waals surface area (Å²) < 4.78 is 21.1. The topological polar surface area (TPSA) is 40.1 Å². The zero-order valence-electron chi connectivity index (χ0n) is 8.40. The fourth-order valence-electron chi connectivity index (χ4n) is 1.64. The van der Waals surface area contributed by atoms with E-state index < -0.39 is 11.1 Å². The second kappa shape index (κ2) is 4.13. The molecule has 0 aromatic heterocycles. The van der Waals surface area contributed by atoms with Crippen molar-refractivity contribution in [2.45, 2.75) is 12.7 Å². The van der Waals surface area contributed by atoms with Crippen LogP contribution in [-0.2, 0) is 16.8 Å². The molecule has 0 fully saturated rings. The van der Waals surface area contributed by atoms with E-state index in [2.05, 4.69) is 6.07 Å². The van der Waals surface area contributed by atoms with Crippen molar-refractivity contribution in [3.63, 3.8) is 0 Å². The Morgan fingerprint density at radius 1 is 1.13 bits per heavy atom. The maximum Gasteiger partial charge on any atom is 0.0353 e. The van der Waals surface area contributed by atoms with E-state index in [0.29, 0.717) is 0 Å². The van der Waals surface area contributed by atoms with Gasteiger partial charge in [-0.3, -0.25) is 4.21 Å². The molecule has 0 bridgehead atoms. The van der Waals surface area contributed by atoms with Crippen LogP contribution in [0.25, 0.3) is 10.8 Å². The standard InChI is InChI=1S/C12H12O2S/c1-9-2-4-12-7-10(8-15(13)14)3-5-11(12)6-9/h2-7H,8H2,1H3,(H,13,14)/p-1. The molecule has 0 N–H and O–H groups in total. The lowest BCUT2D eigenvalue weighted by Crippen LogP contribution is -1.92. The minimum Gasteiger partial charge on any atom is -0.772 e. The summed E-state index contributed by atoms with van der Waals surface area (Å²) in [5, 5.41) is 2.24. The van der Waals surface area contributed by atoms with Crippen LogP contribution in [0.4, 0.5) is 0 Å². The van der Waals surface area contributed by atoms with Crippen molar-refractivity contribution in [1.29, 1.82) is 0 Å². The first kappa shape index (κ1) is 10.3. The fraction of sp³-hybridized carbons (Fsp3) is 0.167. The van der Waals surface area contributed by atoms with Gasteiger partial charge in [-0.15, -0.1) is 0 Å². The Balaban J connectivity index is 2.47. The third kappa shape index (κ3) is 2.43. The molecule has 0 saturated carbocycles. The van der Waals surface area contributed by atoms with Gasteiger partial charge in [0, 0.05) is 5.75 Å². The van der Waals surface area contributed by atoms with Gasteiger partial charge in [-0.2, -0.15) is 0 Å². The van der Waals surface area contributed by atoms with Gasteiger partial charge in [-0.1, -0.05) is 53.0 Å². The molecule has 2 nitrogen and oxygen atoms in total. The van der Waals surface area contributed by atoms with Gasteiger partial charge in [0.15, 0.2) is 0 Å². The largest absolute Gasteiger partial charge is 0.772 e. The molecule has 2 aromatic carbocycles. The maximum atomic E-state index is 10.6. The van der Waals surface area contributed by atoms with Gasteiger partial charge in [0.2, 0.25) is 0 Å². The minimum absolute atomic E-state index is 0.0871. The van der Waals surface area contributed by atoms with Gasteiger partial charge in [0.05, 0.1) is 0 Å². The van der Waals surface area contributed by atoms with Crippen LogP contribution in [-0.4, -0.2) is 8.76 Å². The number of hydrogen-bond acceptors (Lipinski definition) is 2. The van der Waals surface area contributed by atoms with Crippen LogP contribution >= 0.6 is 0 Å². The van der Waals surface area contributed by atoms with Gasteiger partial charge < -0.3 is 4.55 Å². The van der Waals surface area contributed by atoms with Crippen LogP contribution in [0.1, 0.15) is 11.1 Å². The Kier molecular flexibility index (Phi) is 2.84. The molecule has 0 saturated heterocycles. The molecule has 0 aliphatic rings. The molecule has 0 amide bonds. The molecule has 2 aromatic rings. The van der Waals surface area contributed by atoms with Crippen molar-refractivity contribution in [3.05, 3.63) is 47.5 Å². The highest BCUT2D eigenvalue weighted by Crippen LogP contribution is 2.18. The molecule has 0 spiro atoms. The summed E-state index contributed by atoms with van der Waals surface area (Å²) in [4.78, 5) is 0. The Labute approximate surface area is 91.2 Å². The quantitative estimate of drug-likeness (QED) is 0.728. The van der Waals surface area contributed by atoms with E-state index in [-0.39, 0.29) is 5.75 Å². The molecular formula is C12H11O2S-. The lowest BCUT2D eigenvalue weighted by atomic mass is 10.1. The Morgan fingerprint density at radius 3 is 2.53 bits per heavy atom. The number of benzene rings is 2. The summed E-state index contributed by atoms with van der Waals surface area (Å²) in [6.07, 6.45) is 0. The first-order chi connectivity index (χ1) is 7.15. The van der Waals surface area contributed by atoms with Crippen LogP contribution in [0, 0.1) is 6.92 Å². The van der Waals surface area contributed by atoms with Crippen LogP contribution in [0.5, 0.6) is 0 Å². The second-order valence-corrected chi connectivity index (χ2v) is 4.53. The molecule has 78 valence electrons. The van der Waals surface area contributed by atoms with E-state index in [1.807, 2.05) is 37.3 Å². The number of aryl methyl sites for hydroxylation is 1. The molecule has 15 heavy (non-hydrogen) atoms. The van der Waals surface area contributed by atoms with Crippen LogP contribution in [0.3, 0.4) is 0 Å². The number of fused-ring (bicyclic) bond motifs is 1. The van der Waals surface area contributed by atoms with Gasteiger partial charge in [-0.05, 0) is 23.3 Å². The molecular weight excluding hydrogens is 208 g/mol. The smallest absolute Gasteiger partial charge is 0.0353 e. The van der Waals surface area contributed by atoms with E-state index in [0.717, 1.165) is 16.3 Å². The molecule has 0 aliphatic heterocycles. The van der Waals surface area contributed by atoms with Crippen LogP contribution < -0.4 is 0 Å². The lowest BCUT2D eigenvalue weighted by molar-refractivity contribution is 0.536. The van der Waals surface area contributed by atoms with E-state index in [4.69, 9.17) is 0 Å². The van der Waals surface area contributed by atoms with Crippen molar-refractivity contribution < 1.29 is 8.76 Å². The molecule has 0 radical (unpaired) electrons. The maximum absolute atomic E-state index is 10.6. The van der Waals surface area contributed by atoms with Crippen LogP contribution in [0.15, 0.2) is 36.4 Å². The monoisotopic (exact) mass is 219 g/mol. The van der Waals surface area contributed by atoms with Crippen molar-refractivity contribution in [3.8, 4) is 0 Å². The molecule has 1 atom stereocenters. The molecule has 2 rings (SSSR count). The van der Waals surface area contributed by atoms with E-state index in [1.165, 1.54) is 5.56 Å². The summed E-state index contributed by atoms with van der Waals surface area (Å²) >= 11 is -2.01. The average molecular weight is 219 g/mol. The molecule has 3 heteroatoms.